The fourth-order valence-electron chi connectivity index (χ4n) is 3.97. The van der Waals surface area contributed by atoms with Crippen LogP contribution in [0.1, 0.15) is 32.4 Å². The summed E-state index contributed by atoms with van der Waals surface area (Å²) in [6.07, 6.45) is 10.2. The minimum absolute atomic E-state index is 0.369. The fourth-order valence-corrected chi connectivity index (χ4v) is 3.97. The second-order valence-electron chi connectivity index (χ2n) is 7.45. The van der Waals surface area contributed by atoms with E-state index >= 15 is 0 Å². The standard InChI is InChI=1S/C22H28N6O/c1-4-15-10-16(12-24-20(15)5-2)19-13-25-28-21(23)11-17(26-22(19)28)14-27-8-6-18(29-3)7-9-27/h4-5,10-13,18H,6-9,14,23H2,1-3H3. The molecule has 152 valence electrons. The SMILES string of the molecule is CC=c1cc(-c2cnn3c(N)cc(CN4CCC(OC)CC4)nc23)cnc1=CC. The average molecular weight is 393 g/mol. The lowest BCUT2D eigenvalue weighted by molar-refractivity contribution is 0.0385. The molecule has 0 aromatic carbocycles. The number of nitrogens with two attached hydrogens (primary N) is 1. The molecule has 2 N–H and O–H groups in total. The first-order chi connectivity index (χ1) is 14.1. The Hall–Kier alpha value is -2.77. The molecule has 0 bridgehead atoms. The van der Waals surface area contributed by atoms with Crippen molar-refractivity contribution in [2.75, 3.05) is 25.9 Å². The van der Waals surface area contributed by atoms with E-state index in [0.717, 1.165) is 65.5 Å². The van der Waals surface area contributed by atoms with Crippen molar-refractivity contribution in [1.82, 2.24) is 24.5 Å². The van der Waals surface area contributed by atoms with Gasteiger partial charge in [0.25, 0.3) is 0 Å². The van der Waals surface area contributed by atoms with Crippen molar-refractivity contribution < 1.29 is 4.74 Å². The van der Waals surface area contributed by atoms with E-state index in [1.54, 1.807) is 11.6 Å². The molecule has 1 aliphatic heterocycles. The summed E-state index contributed by atoms with van der Waals surface area (Å²) >= 11 is 0. The molecule has 7 nitrogen and oxygen atoms in total. The van der Waals surface area contributed by atoms with Gasteiger partial charge in [-0.2, -0.15) is 9.61 Å². The van der Waals surface area contributed by atoms with Crippen LogP contribution in [0.4, 0.5) is 5.82 Å². The molecule has 1 saturated heterocycles. The van der Waals surface area contributed by atoms with Crippen molar-refractivity contribution in [3.05, 3.63) is 40.8 Å². The van der Waals surface area contributed by atoms with Gasteiger partial charge in [0.1, 0.15) is 5.82 Å². The van der Waals surface area contributed by atoms with E-state index in [0.29, 0.717) is 11.9 Å². The summed E-state index contributed by atoms with van der Waals surface area (Å²) in [6, 6.07) is 4.05. The number of aromatic nitrogens is 4. The van der Waals surface area contributed by atoms with Crippen molar-refractivity contribution in [3.8, 4) is 11.1 Å². The lowest BCUT2D eigenvalue weighted by atomic mass is 10.1. The third kappa shape index (κ3) is 3.88. The monoisotopic (exact) mass is 392 g/mol. The minimum Gasteiger partial charge on any atom is -0.384 e. The molecule has 0 amide bonds. The number of nitrogen functional groups attached to an aromatic ring is 1. The lowest BCUT2D eigenvalue weighted by Crippen LogP contribution is -2.36. The van der Waals surface area contributed by atoms with Crippen LogP contribution < -0.4 is 16.3 Å². The van der Waals surface area contributed by atoms with E-state index < -0.39 is 0 Å². The van der Waals surface area contributed by atoms with Crippen LogP contribution in [0.3, 0.4) is 0 Å². The van der Waals surface area contributed by atoms with Crippen LogP contribution >= 0.6 is 0 Å². The van der Waals surface area contributed by atoms with Crippen LogP contribution in [0.15, 0.2) is 24.5 Å². The van der Waals surface area contributed by atoms with Gasteiger partial charge in [0.05, 0.1) is 23.3 Å². The second-order valence-corrected chi connectivity index (χ2v) is 7.45. The molecule has 4 rings (SSSR count). The Labute approximate surface area is 170 Å². The quantitative estimate of drug-likeness (QED) is 0.726. The Morgan fingerprint density at radius 2 is 1.97 bits per heavy atom. The molecular weight excluding hydrogens is 364 g/mol. The van der Waals surface area contributed by atoms with Crippen LogP contribution in [0, 0.1) is 0 Å². The molecule has 3 aromatic heterocycles. The van der Waals surface area contributed by atoms with E-state index in [1.165, 1.54) is 0 Å². The van der Waals surface area contributed by atoms with Crippen LogP contribution in [0.25, 0.3) is 28.9 Å². The van der Waals surface area contributed by atoms with Crippen molar-refractivity contribution in [3.63, 3.8) is 0 Å². The number of likely N-dealkylation sites (tertiary alicyclic amines) is 1. The van der Waals surface area contributed by atoms with Gasteiger partial charge < -0.3 is 10.5 Å². The number of rotatable bonds is 4. The van der Waals surface area contributed by atoms with Gasteiger partial charge in [-0.1, -0.05) is 12.2 Å². The van der Waals surface area contributed by atoms with Gasteiger partial charge >= 0.3 is 0 Å². The molecule has 29 heavy (non-hydrogen) atoms. The third-order valence-electron chi connectivity index (χ3n) is 5.65. The molecule has 0 spiro atoms. The summed E-state index contributed by atoms with van der Waals surface area (Å²) in [4.78, 5) is 11.9. The predicted octanol–water partition coefficient (Wildman–Crippen LogP) is 1.59. The van der Waals surface area contributed by atoms with Gasteiger partial charge in [0.2, 0.25) is 0 Å². The van der Waals surface area contributed by atoms with Crippen LogP contribution in [0.2, 0.25) is 0 Å². The summed E-state index contributed by atoms with van der Waals surface area (Å²) in [5.41, 5.74) is 9.95. The van der Waals surface area contributed by atoms with E-state index in [-0.39, 0.29) is 0 Å². The van der Waals surface area contributed by atoms with E-state index in [4.69, 9.17) is 15.5 Å². The van der Waals surface area contributed by atoms with Crippen LogP contribution in [-0.4, -0.2) is 50.8 Å². The number of anilines is 1. The van der Waals surface area contributed by atoms with Gasteiger partial charge in [0, 0.05) is 50.1 Å². The molecule has 1 fully saturated rings. The maximum Gasteiger partial charge on any atom is 0.165 e. The highest BCUT2D eigenvalue weighted by molar-refractivity contribution is 5.77. The number of hydrogen-bond donors (Lipinski definition) is 1. The van der Waals surface area contributed by atoms with Gasteiger partial charge in [-0.15, -0.1) is 0 Å². The smallest absolute Gasteiger partial charge is 0.165 e. The number of hydrogen-bond acceptors (Lipinski definition) is 6. The highest BCUT2D eigenvalue weighted by Crippen LogP contribution is 2.24. The summed E-state index contributed by atoms with van der Waals surface area (Å²) in [7, 11) is 1.79. The molecule has 7 heteroatoms. The Balaban J connectivity index is 1.69. The summed E-state index contributed by atoms with van der Waals surface area (Å²) in [5.74, 6) is 0.594. The fraction of sp³-hybridized carbons (Fsp3) is 0.409. The predicted molar refractivity (Wildman–Crippen MR) is 115 cm³/mol. The number of ether oxygens (including phenoxy) is 1. The zero-order valence-electron chi connectivity index (χ0n) is 17.3. The molecule has 4 heterocycles. The van der Waals surface area contributed by atoms with Gasteiger partial charge in [0.15, 0.2) is 5.65 Å². The Morgan fingerprint density at radius 1 is 1.17 bits per heavy atom. The molecule has 0 aliphatic carbocycles. The van der Waals surface area contributed by atoms with Crippen LogP contribution in [-0.2, 0) is 11.3 Å². The van der Waals surface area contributed by atoms with E-state index in [1.807, 2.05) is 38.4 Å². The maximum atomic E-state index is 6.29. The molecule has 0 radical (unpaired) electrons. The Kier molecular flexibility index (Phi) is 5.60. The van der Waals surface area contributed by atoms with Gasteiger partial charge in [-0.25, -0.2) is 4.98 Å². The average Bonchev–Trinajstić information content (AvgIpc) is 3.18. The van der Waals surface area contributed by atoms with Crippen LogP contribution in [0.5, 0.6) is 0 Å². The number of fused-ring (bicyclic) bond motifs is 1. The highest BCUT2D eigenvalue weighted by atomic mass is 16.5. The lowest BCUT2D eigenvalue weighted by Gasteiger charge is -2.30. The van der Waals surface area contributed by atoms with Crippen molar-refractivity contribution >= 4 is 23.6 Å². The molecule has 1 aliphatic rings. The van der Waals surface area contributed by atoms with E-state index in [2.05, 4.69) is 27.1 Å². The maximum absolute atomic E-state index is 6.29. The molecule has 0 saturated carbocycles. The van der Waals surface area contributed by atoms with Crippen molar-refractivity contribution in [2.45, 2.75) is 39.3 Å². The number of pyridine rings is 1. The number of methoxy groups -OCH3 is 1. The molecule has 0 atom stereocenters. The first-order valence-corrected chi connectivity index (χ1v) is 10.1. The van der Waals surface area contributed by atoms with E-state index in [9.17, 15) is 0 Å². The Morgan fingerprint density at radius 3 is 2.66 bits per heavy atom. The summed E-state index contributed by atoms with van der Waals surface area (Å²) in [5, 5.41) is 6.52. The normalized spacial score (nSPS) is 17.5. The number of nitrogens with zero attached hydrogens (tertiary/aromatic N) is 5. The zero-order chi connectivity index (χ0) is 20.4. The first kappa shape index (κ1) is 19.5. The minimum atomic E-state index is 0.369. The second kappa shape index (κ2) is 8.31. The topological polar surface area (TPSA) is 81.6 Å². The van der Waals surface area contributed by atoms with Gasteiger partial charge in [-0.3, -0.25) is 9.88 Å². The zero-order valence-corrected chi connectivity index (χ0v) is 17.3. The number of piperidine rings is 1. The first-order valence-electron chi connectivity index (χ1n) is 10.1. The van der Waals surface area contributed by atoms with Crippen molar-refractivity contribution in [1.29, 1.82) is 0 Å². The molecule has 0 unspecified atom stereocenters. The third-order valence-corrected chi connectivity index (χ3v) is 5.65. The molecular formula is C22H28N6O. The van der Waals surface area contributed by atoms with Gasteiger partial charge in [-0.05, 0) is 38.0 Å². The van der Waals surface area contributed by atoms with Crippen molar-refractivity contribution in [2.24, 2.45) is 0 Å². The molecule has 3 aromatic rings. The largest absolute Gasteiger partial charge is 0.384 e. The summed E-state index contributed by atoms with van der Waals surface area (Å²) in [6.45, 7) is 6.80. The highest BCUT2D eigenvalue weighted by Gasteiger charge is 2.20. The Bertz CT molecular complexity index is 1130. The summed E-state index contributed by atoms with van der Waals surface area (Å²) < 4.78 is 7.17.